The van der Waals surface area contributed by atoms with Crippen molar-refractivity contribution in [3.63, 3.8) is 0 Å². The average molecular weight is 411 g/mol. The van der Waals surface area contributed by atoms with Crippen molar-refractivity contribution in [3.8, 4) is 11.5 Å². The molecule has 0 bridgehead atoms. The molecule has 6 nitrogen and oxygen atoms in total. The third-order valence-electron chi connectivity index (χ3n) is 3.69. The first-order valence-corrected chi connectivity index (χ1v) is 8.95. The van der Waals surface area contributed by atoms with Gasteiger partial charge in [-0.1, -0.05) is 23.2 Å². The van der Waals surface area contributed by atoms with Crippen LogP contribution >= 0.6 is 23.2 Å². The molecular weight excluding hydrogens is 391 g/mol. The van der Waals surface area contributed by atoms with Gasteiger partial charge in [0.2, 0.25) is 5.91 Å². The molecule has 2 rings (SSSR count). The Bertz CT molecular complexity index is 810. The lowest BCUT2D eigenvalue weighted by atomic mass is 10.1. The van der Waals surface area contributed by atoms with E-state index in [1.54, 1.807) is 30.3 Å². The van der Waals surface area contributed by atoms with E-state index in [1.807, 2.05) is 0 Å². The number of hydrogen-bond donors (Lipinski definition) is 2. The first-order chi connectivity index (χ1) is 12.9. The second-order valence-corrected chi connectivity index (χ2v) is 6.45. The van der Waals surface area contributed by atoms with Crippen LogP contribution in [0.3, 0.4) is 0 Å². The summed E-state index contributed by atoms with van der Waals surface area (Å²) in [5.41, 5.74) is 1.02. The fourth-order valence-electron chi connectivity index (χ4n) is 2.36. The van der Waals surface area contributed by atoms with Crippen molar-refractivity contribution in [3.05, 3.63) is 52.0 Å². The molecule has 27 heavy (non-hydrogen) atoms. The molecule has 2 N–H and O–H groups in total. The van der Waals surface area contributed by atoms with Crippen molar-refractivity contribution in [2.24, 2.45) is 0 Å². The van der Waals surface area contributed by atoms with Crippen LogP contribution in [0, 0.1) is 0 Å². The molecule has 0 aliphatic heterocycles. The smallest absolute Gasteiger partial charge is 0.251 e. The second kappa shape index (κ2) is 10.0. The molecule has 0 unspecified atom stereocenters. The topological polar surface area (TPSA) is 76.7 Å². The molecule has 144 valence electrons. The summed E-state index contributed by atoms with van der Waals surface area (Å²) in [5, 5.41) is 6.40. The van der Waals surface area contributed by atoms with Gasteiger partial charge in [0, 0.05) is 29.2 Å². The summed E-state index contributed by atoms with van der Waals surface area (Å²) >= 11 is 11.9. The highest BCUT2D eigenvalue weighted by Gasteiger charge is 2.15. The summed E-state index contributed by atoms with van der Waals surface area (Å²) in [5.74, 6) is 0.295. The zero-order valence-corrected chi connectivity index (χ0v) is 16.5. The van der Waals surface area contributed by atoms with Gasteiger partial charge in [-0.15, -0.1) is 0 Å². The Morgan fingerprint density at radius 2 is 1.74 bits per heavy atom. The summed E-state index contributed by atoms with van der Waals surface area (Å²) in [4.78, 5) is 24.2. The Morgan fingerprint density at radius 3 is 2.37 bits per heavy atom. The van der Waals surface area contributed by atoms with Gasteiger partial charge >= 0.3 is 0 Å². The van der Waals surface area contributed by atoms with Crippen molar-refractivity contribution in [2.75, 3.05) is 26.1 Å². The van der Waals surface area contributed by atoms with Crippen molar-refractivity contribution in [1.82, 2.24) is 5.32 Å². The van der Waals surface area contributed by atoms with Crippen LogP contribution in [0.15, 0.2) is 36.4 Å². The monoisotopic (exact) mass is 410 g/mol. The van der Waals surface area contributed by atoms with Crippen molar-refractivity contribution < 1.29 is 19.1 Å². The normalized spacial score (nSPS) is 10.2. The van der Waals surface area contributed by atoms with Gasteiger partial charge < -0.3 is 20.1 Å². The average Bonchev–Trinajstić information content (AvgIpc) is 2.66. The number of rotatable bonds is 8. The fourth-order valence-corrected chi connectivity index (χ4v) is 2.77. The maximum absolute atomic E-state index is 12.3. The van der Waals surface area contributed by atoms with Gasteiger partial charge in [0.15, 0.2) is 11.5 Å². The van der Waals surface area contributed by atoms with Crippen LogP contribution in [0.1, 0.15) is 23.2 Å². The molecule has 0 radical (unpaired) electrons. The third-order valence-corrected chi connectivity index (χ3v) is 4.22. The number of methoxy groups -OCH3 is 2. The molecule has 0 spiro atoms. The van der Waals surface area contributed by atoms with Crippen LogP contribution in [0.25, 0.3) is 0 Å². The Hall–Kier alpha value is -2.44. The SMILES string of the molecule is COc1cc(C(=O)NCCCC(=O)Nc2ccc(Cl)cc2)cc(Cl)c1OC. The van der Waals surface area contributed by atoms with Crippen molar-refractivity contribution in [1.29, 1.82) is 0 Å². The van der Waals surface area contributed by atoms with Gasteiger partial charge in [-0.2, -0.15) is 0 Å². The minimum absolute atomic E-state index is 0.138. The number of halogens is 2. The largest absolute Gasteiger partial charge is 0.493 e. The zero-order valence-electron chi connectivity index (χ0n) is 15.0. The number of benzene rings is 2. The Kier molecular flexibility index (Phi) is 7.76. The number of nitrogens with one attached hydrogen (secondary N) is 2. The van der Waals surface area contributed by atoms with E-state index in [9.17, 15) is 9.59 Å². The Labute approximate surface area is 167 Å². The molecule has 2 aromatic carbocycles. The third kappa shape index (κ3) is 6.05. The predicted molar refractivity (Wildman–Crippen MR) is 106 cm³/mol. The molecule has 8 heteroatoms. The summed E-state index contributed by atoms with van der Waals surface area (Å²) in [6, 6.07) is 9.90. The van der Waals surface area contributed by atoms with E-state index in [-0.39, 0.29) is 23.3 Å². The summed E-state index contributed by atoms with van der Waals surface area (Å²) < 4.78 is 10.3. The number of amides is 2. The maximum Gasteiger partial charge on any atom is 0.251 e. The molecule has 2 amide bonds. The molecule has 0 aliphatic carbocycles. The fraction of sp³-hybridized carbons (Fsp3) is 0.263. The van der Waals surface area contributed by atoms with Crippen LogP contribution in [0.2, 0.25) is 10.0 Å². The number of carbonyl (C=O) groups excluding carboxylic acids is 2. The maximum atomic E-state index is 12.3. The standard InChI is InChI=1S/C19H20Cl2N2O4/c1-26-16-11-12(10-15(21)18(16)27-2)19(25)22-9-3-4-17(24)23-14-7-5-13(20)6-8-14/h5-8,10-11H,3-4,9H2,1-2H3,(H,22,25)(H,23,24). The van der Waals surface area contributed by atoms with Crippen molar-refractivity contribution >= 4 is 40.7 Å². The molecular formula is C19H20Cl2N2O4. The highest BCUT2D eigenvalue weighted by Crippen LogP contribution is 2.35. The molecule has 0 atom stereocenters. The first kappa shape index (κ1) is 20.9. The van der Waals surface area contributed by atoms with Gasteiger partial charge in [-0.05, 0) is 42.8 Å². The molecule has 0 fully saturated rings. The number of hydrogen-bond acceptors (Lipinski definition) is 4. The lowest BCUT2D eigenvalue weighted by Gasteiger charge is -2.12. The van der Waals surface area contributed by atoms with Gasteiger partial charge in [0.05, 0.1) is 19.2 Å². The van der Waals surface area contributed by atoms with E-state index in [2.05, 4.69) is 10.6 Å². The van der Waals surface area contributed by atoms with E-state index in [4.69, 9.17) is 32.7 Å². The number of ether oxygens (including phenoxy) is 2. The van der Waals surface area contributed by atoms with Crippen LogP contribution in [-0.2, 0) is 4.79 Å². The van der Waals surface area contributed by atoms with Gasteiger partial charge in [-0.3, -0.25) is 9.59 Å². The molecule has 0 aromatic heterocycles. The summed E-state index contributed by atoms with van der Waals surface area (Å²) in [7, 11) is 2.94. The summed E-state index contributed by atoms with van der Waals surface area (Å²) in [6.45, 7) is 0.346. The molecule has 2 aromatic rings. The first-order valence-electron chi connectivity index (χ1n) is 8.19. The molecule has 0 aliphatic rings. The van der Waals surface area contributed by atoms with Crippen LogP contribution in [0.4, 0.5) is 5.69 Å². The molecule has 0 saturated heterocycles. The predicted octanol–water partition coefficient (Wildman–Crippen LogP) is 4.16. The lowest BCUT2D eigenvalue weighted by Crippen LogP contribution is -2.25. The van der Waals surface area contributed by atoms with E-state index in [1.165, 1.54) is 20.3 Å². The lowest BCUT2D eigenvalue weighted by molar-refractivity contribution is -0.116. The minimum atomic E-state index is -0.309. The molecule has 0 heterocycles. The van der Waals surface area contributed by atoms with Crippen LogP contribution < -0.4 is 20.1 Å². The van der Waals surface area contributed by atoms with Crippen molar-refractivity contribution in [2.45, 2.75) is 12.8 Å². The number of carbonyl (C=O) groups is 2. The van der Waals surface area contributed by atoms with E-state index in [0.717, 1.165) is 0 Å². The second-order valence-electron chi connectivity index (χ2n) is 5.61. The minimum Gasteiger partial charge on any atom is -0.493 e. The quantitative estimate of drug-likeness (QED) is 0.640. The number of anilines is 1. The van der Waals surface area contributed by atoms with E-state index >= 15 is 0 Å². The van der Waals surface area contributed by atoms with E-state index < -0.39 is 0 Å². The van der Waals surface area contributed by atoms with Crippen LogP contribution in [-0.4, -0.2) is 32.6 Å². The molecule has 0 saturated carbocycles. The van der Waals surface area contributed by atoms with Gasteiger partial charge in [0.25, 0.3) is 5.91 Å². The van der Waals surface area contributed by atoms with Crippen LogP contribution in [0.5, 0.6) is 11.5 Å². The zero-order chi connectivity index (χ0) is 19.8. The highest BCUT2D eigenvalue weighted by molar-refractivity contribution is 6.32. The highest BCUT2D eigenvalue weighted by atomic mass is 35.5. The van der Waals surface area contributed by atoms with Gasteiger partial charge in [-0.25, -0.2) is 0 Å². The van der Waals surface area contributed by atoms with E-state index in [0.29, 0.717) is 40.7 Å². The Morgan fingerprint density at radius 1 is 1.04 bits per heavy atom. The summed E-state index contributed by atoms with van der Waals surface area (Å²) in [6.07, 6.45) is 0.766. The van der Waals surface area contributed by atoms with Gasteiger partial charge in [0.1, 0.15) is 0 Å². The Balaban J connectivity index is 1.81.